The molecule has 2 N–H and O–H groups in total. The van der Waals surface area contributed by atoms with Gasteiger partial charge in [-0.2, -0.15) is 0 Å². The average molecular weight is 384 g/mol. The van der Waals surface area contributed by atoms with Gasteiger partial charge in [0.25, 0.3) is 5.91 Å². The Bertz CT molecular complexity index is 858. The van der Waals surface area contributed by atoms with Gasteiger partial charge in [-0.1, -0.05) is 35.5 Å². The fourth-order valence-corrected chi connectivity index (χ4v) is 3.30. The third-order valence-electron chi connectivity index (χ3n) is 5.04. The first kappa shape index (κ1) is 18.2. The van der Waals surface area contributed by atoms with Gasteiger partial charge in [0.05, 0.1) is 13.2 Å². The highest BCUT2D eigenvalue weighted by atomic mass is 16.5. The molecule has 1 saturated carbocycles. The zero-order valence-corrected chi connectivity index (χ0v) is 15.0. The van der Waals surface area contributed by atoms with Crippen molar-refractivity contribution >= 4 is 18.2 Å². The topological polar surface area (TPSA) is 114 Å². The molecule has 9 nitrogen and oxygen atoms in total. The standard InChI is InChI=1S/C19H20N4O5/c24-11-20-23(15-9-27-10-15)19(26)13-6-14(7-13)21-18(25)17-8-16(22-28-17)12-4-2-1-3-5-12/h1-5,8,11,13-15H,6-7,9-10H2,(H,20,24)(H,21,25). The molecule has 2 aliphatic rings. The monoisotopic (exact) mass is 384 g/mol. The first-order chi connectivity index (χ1) is 13.7. The Morgan fingerprint density at radius 3 is 2.57 bits per heavy atom. The highest BCUT2D eigenvalue weighted by Crippen LogP contribution is 2.30. The van der Waals surface area contributed by atoms with Crippen LogP contribution >= 0.6 is 0 Å². The molecule has 1 aromatic carbocycles. The highest BCUT2D eigenvalue weighted by molar-refractivity contribution is 5.93. The molecule has 28 heavy (non-hydrogen) atoms. The molecular weight excluding hydrogens is 364 g/mol. The van der Waals surface area contributed by atoms with Crippen molar-refractivity contribution in [2.45, 2.75) is 24.9 Å². The summed E-state index contributed by atoms with van der Waals surface area (Å²) < 4.78 is 10.2. The van der Waals surface area contributed by atoms with Crippen molar-refractivity contribution < 1.29 is 23.6 Å². The quantitative estimate of drug-likeness (QED) is 0.538. The van der Waals surface area contributed by atoms with E-state index in [2.05, 4.69) is 15.9 Å². The maximum absolute atomic E-state index is 12.5. The van der Waals surface area contributed by atoms with Crippen LogP contribution in [0.2, 0.25) is 0 Å². The van der Waals surface area contributed by atoms with Crippen molar-refractivity contribution in [3.05, 3.63) is 42.2 Å². The van der Waals surface area contributed by atoms with E-state index in [9.17, 15) is 14.4 Å². The van der Waals surface area contributed by atoms with Crippen LogP contribution in [0.4, 0.5) is 0 Å². The molecule has 146 valence electrons. The van der Waals surface area contributed by atoms with E-state index in [0.29, 0.717) is 38.2 Å². The Balaban J connectivity index is 1.29. The van der Waals surface area contributed by atoms with E-state index in [4.69, 9.17) is 9.26 Å². The molecule has 1 saturated heterocycles. The number of nitrogens with one attached hydrogen (secondary N) is 2. The van der Waals surface area contributed by atoms with Gasteiger partial charge >= 0.3 is 0 Å². The van der Waals surface area contributed by atoms with Gasteiger partial charge in [-0.05, 0) is 12.8 Å². The normalized spacial score (nSPS) is 21.1. The molecule has 1 aromatic heterocycles. The fraction of sp³-hybridized carbons (Fsp3) is 0.368. The van der Waals surface area contributed by atoms with Gasteiger partial charge in [0.2, 0.25) is 18.1 Å². The third kappa shape index (κ3) is 3.61. The van der Waals surface area contributed by atoms with E-state index >= 15 is 0 Å². The summed E-state index contributed by atoms with van der Waals surface area (Å²) in [4.78, 5) is 35.6. The number of carbonyl (C=O) groups is 3. The first-order valence-corrected chi connectivity index (χ1v) is 9.09. The summed E-state index contributed by atoms with van der Waals surface area (Å²) in [5.74, 6) is -0.629. The number of benzene rings is 1. The molecule has 2 heterocycles. The summed E-state index contributed by atoms with van der Waals surface area (Å²) in [6.07, 6.45) is 1.51. The average Bonchev–Trinajstić information content (AvgIpc) is 3.13. The number of hydrogen-bond donors (Lipinski definition) is 2. The highest BCUT2D eigenvalue weighted by Gasteiger charge is 2.41. The van der Waals surface area contributed by atoms with Crippen molar-refractivity contribution in [1.29, 1.82) is 0 Å². The lowest BCUT2D eigenvalue weighted by atomic mass is 9.79. The second-order valence-electron chi connectivity index (χ2n) is 6.93. The number of hydrazine groups is 1. The molecule has 3 amide bonds. The molecule has 2 fully saturated rings. The summed E-state index contributed by atoms with van der Waals surface area (Å²) in [5.41, 5.74) is 3.90. The van der Waals surface area contributed by atoms with Crippen LogP contribution in [0.25, 0.3) is 11.3 Å². The summed E-state index contributed by atoms with van der Waals surface area (Å²) in [6.45, 7) is 0.823. The number of aromatic nitrogens is 1. The lowest BCUT2D eigenvalue weighted by molar-refractivity contribution is -0.160. The minimum Gasteiger partial charge on any atom is -0.377 e. The lowest BCUT2D eigenvalue weighted by Crippen LogP contribution is -2.61. The van der Waals surface area contributed by atoms with E-state index in [0.717, 1.165) is 5.56 Å². The maximum Gasteiger partial charge on any atom is 0.290 e. The number of hydrogen-bond acceptors (Lipinski definition) is 6. The molecule has 1 aliphatic heterocycles. The number of amides is 3. The van der Waals surface area contributed by atoms with Crippen LogP contribution in [0.3, 0.4) is 0 Å². The fourth-order valence-electron chi connectivity index (χ4n) is 3.30. The predicted molar refractivity (Wildman–Crippen MR) is 96.6 cm³/mol. The van der Waals surface area contributed by atoms with Gasteiger partial charge < -0.3 is 14.6 Å². The number of rotatable bonds is 7. The zero-order chi connectivity index (χ0) is 19.5. The van der Waals surface area contributed by atoms with Gasteiger partial charge in [0, 0.05) is 23.6 Å². The first-order valence-electron chi connectivity index (χ1n) is 9.09. The van der Waals surface area contributed by atoms with Crippen LogP contribution in [0.5, 0.6) is 0 Å². The van der Waals surface area contributed by atoms with Gasteiger partial charge in [0.15, 0.2) is 0 Å². The molecule has 0 unspecified atom stereocenters. The number of nitrogens with zero attached hydrogens (tertiary/aromatic N) is 2. The summed E-state index contributed by atoms with van der Waals surface area (Å²) >= 11 is 0. The second-order valence-corrected chi connectivity index (χ2v) is 6.93. The van der Waals surface area contributed by atoms with E-state index in [-0.39, 0.29) is 35.6 Å². The number of ether oxygens (including phenoxy) is 1. The van der Waals surface area contributed by atoms with Crippen LogP contribution in [-0.2, 0) is 14.3 Å². The predicted octanol–water partition coefficient (Wildman–Crippen LogP) is 0.738. The van der Waals surface area contributed by atoms with E-state index in [1.54, 1.807) is 6.07 Å². The third-order valence-corrected chi connectivity index (χ3v) is 5.04. The molecule has 0 atom stereocenters. The Labute approximate surface area is 161 Å². The molecule has 4 rings (SSSR count). The van der Waals surface area contributed by atoms with Crippen molar-refractivity contribution in [3.8, 4) is 11.3 Å². The molecule has 0 radical (unpaired) electrons. The molecular formula is C19H20N4O5. The van der Waals surface area contributed by atoms with Crippen LogP contribution in [0, 0.1) is 5.92 Å². The maximum atomic E-state index is 12.5. The van der Waals surface area contributed by atoms with E-state index < -0.39 is 0 Å². The van der Waals surface area contributed by atoms with Crippen LogP contribution in [0.1, 0.15) is 23.4 Å². The van der Waals surface area contributed by atoms with Gasteiger partial charge in [-0.15, -0.1) is 0 Å². The van der Waals surface area contributed by atoms with Gasteiger partial charge in [-0.3, -0.25) is 19.8 Å². The molecule has 2 aromatic rings. The van der Waals surface area contributed by atoms with Crippen molar-refractivity contribution in [3.63, 3.8) is 0 Å². The molecule has 0 spiro atoms. The van der Waals surface area contributed by atoms with Gasteiger partial charge in [-0.25, -0.2) is 5.01 Å². The van der Waals surface area contributed by atoms with Crippen molar-refractivity contribution in [1.82, 2.24) is 20.9 Å². The minimum absolute atomic E-state index is 0.123. The van der Waals surface area contributed by atoms with Crippen LogP contribution in [0.15, 0.2) is 40.9 Å². The van der Waals surface area contributed by atoms with E-state index in [1.165, 1.54) is 5.01 Å². The van der Waals surface area contributed by atoms with Crippen molar-refractivity contribution in [2.24, 2.45) is 5.92 Å². The summed E-state index contributed by atoms with van der Waals surface area (Å²) in [6, 6.07) is 10.8. The van der Waals surface area contributed by atoms with Crippen LogP contribution < -0.4 is 10.7 Å². The van der Waals surface area contributed by atoms with Crippen molar-refractivity contribution in [2.75, 3.05) is 13.2 Å². The Hall–Kier alpha value is -3.20. The second kappa shape index (κ2) is 7.81. The summed E-state index contributed by atoms with van der Waals surface area (Å²) in [5, 5.41) is 8.12. The number of carbonyl (C=O) groups excluding carboxylic acids is 3. The molecule has 1 aliphatic carbocycles. The minimum atomic E-state index is -0.360. The molecule has 0 bridgehead atoms. The summed E-state index contributed by atoms with van der Waals surface area (Å²) in [7, 11) is 0. The SMILES string of the molecule is O=CNN(C(=O)C1CC(NC(=O)c2cc(-c3ccccc3)no2)C1)C1COC1. The largest absolute Gasteiger partial charge is 0.377 e. The van der Waals surface area contributed by atoms with Crippen LogP contribution in [-0.4, -0.2) is 53.7 Å². The zero-order valence-electron chi connectivity index (χ0n) is 15.0. The smallest absolute Gasteiger partial charge is 0.290 e. The Morgan fingerprint density at radius 2 is 1.93 bits per heavy atom. The van der Waals surface area contributed by atoms with Gasteiger partial charge in [0.1, 0.15) is 11.7 Å². The Morgan fingerprint density at radius 1 is 1.18 bits per heavy atom. The molecule has 9 heteroatoms. The Kier molecular flexibility index (Phi) is 5.07. The lowest BCUT2D eigenvalue weighted by Gasteiger charge is -2.42. The van der Waals surface area contributed by atoms with E-state index in [1.807, 2.05) is 30.3 Å².